The highest BCUT2D eigenvalue weighted by Crippen LogP contribution is 2.35. The van der Waals surface area contributed by atoms with E-state index in [0.717, 1.165) is 0 Å². The smallest absolute Gasteiger partial charge is 0.0462 e. The van der Waals surface area contributed by atoms with Crippen molar-refractivity contribution >= 4 is 51.4 Å². The lowest BCUT2D eigenvalue weighted by Gasteiger charge is -2.25. The molecule has 116 valence electrons. The molecule has 0 aliphatic carbocycles. The SMILES string of the molecule is CSc1ccc(N(c2ccc(C)cc2)c2ccc(I)cc2)cc1. The van der Waals surface area contributed by atoms with Crippen molar-refractivity contribution in [3.8, 4) is 0 Å². The van der Waals surface area contributed by atoms with Crippen molar-refractivity contribution in [1.82, 2.24) is 0 Å². The van der Waals surface area contributed by atoms with E-state index in [0.29, 0.717) is 0 Å². The van der Waals surface area contributed by atoms with Crippen LogP contribution in [0, 0.1) is 10.5 Å². The normalized spacial score (nSPS) is 10.6. The van der Waals surface area contributed by atoms with Crippen molar-refractivity contribution < 1.29 is 0 Å². The quantitative estimate of drug-likeness (QED) is 0.331. The summed E-state index contributed by atoms with van der Waals surface area (Å²) in [6.45, 7) is 2.12. The molecule has 0 bridgehead atoms. The van der Waals surface area contributed by atoms with Gasteiger partial charge in [-0.25, -0.2) is 0 Å². The molecule has 0 fully saturated rings. The minimum atomic E-state index is 1.17. The molecule has 3 rings (SSSR count). The lowest BCUT2D eigenvalue weighted by atomic mass is 10.1. The number of hydrogen-bond acceptors (Lipinski definition) is 2. The molecule has 0 aliphatic heterocycles. The number of anilines is 3. The molecule has 0 amide bonds. The minimum Gasteiger partial charge on any atom is -0.311 e. The lowest BCUT2D eigenvalue weighted by molar-refractivity contribution is 1.26. The van der Waals surface area contributed by atoms with Gasteiger partial charge in [0.25, 0.3) is 0 Å². The van der Waals surface area contributed by atoms with Gasteiger partial charge in [-0.15, -0.1) is 11.8 Å². The molecule has 0 saturated heterocycles. The molecular formula is C20H18INS. The van der Waals surface area contributed by atoms with Crippen LogP contribution in [0.5, 0.6) is 0 Å². The maximum Gasteiger partial charge on any atom is 0.0462 e. The summed E-state index contributed by atoms with van der Waals surface area (Å²) < 4.78 is 1.24. The fraction of sp³-hybridized carbons (Fsp3) is 0.100. The maximum atomic E-state index is 2.34. The van der Waals surface area contributed by atoms with Crippen LogP contribution in [0.3, 0.4) is 0 Å². The van der Waals surface area contributed by atoms with Gasteiger partial charge in [0.2, 0.25) is 0 Å². The summed E-state index contributed by atoms with van der Waals surface area (Å²) in [5.41, 5.74) is 4.79. The van der Waals surface area contributed by atoms with Gasteiger partial charge in [0.15, 0.2) is 0 Å². The highest BCUT2D eigenvalue weighted by molar-refractivity contribution is 14.1. The fourth-order valence-corrected chi connectivity index (χ4v) is 3.23. The summed E-state index contributed by atoms with van der Waals surface area (Å²) in [6, 6.07) is 26.0. The van der Waals surface area contributed by atoms with E-state index >= 15 is 0 Å². The number of halogens is 1. The fourth-order valence-electron chi connectivity index (χ4n) is 2.46. The molecule has 0 spiro atoms. The second-order valence-corrected chi connectivity index (χ2v) is 7.47. The Kier molecular flexibility index (Phi) is 5.28. The van der Waals surface area contributed by atoms with Gasteiger partial charge in [-0.3, -0.25) is 0 Å². The zero-order valence-electron chi connectivity index (χ0n) is 13.2. The van der Waals surface area contributed by atoms with E-state index in [-0.39, 0.29) is 0 Å². The molecule has 0 heterocycles. The van der Waals surface area contributed by atoms with Crippen LogP contribution < -0.4 is 4.90 Å². The molecule has 0 N–H and O–H groups in total. The van der Waals surface area contributed by atoms with Crippen LogP contribution >= 0.6 is 34.4 Å². The summed E-state index contributed by atoms with van der Waals surface area (Å²) in [5.74, 6) is 0. The first kappa shape index (κ1) is 16.4. The van der Waals surface area contributed by atoms with Crippen LogP contribution in [-0.4, -0.2) is 6.26 Å². The first-order valence-corrected chi connectivity index (χ1v) is 9.74. The minimum absolute atomic E-state index is 1.17. The molecule has 23 heavy (non-hydrogen) atoms. The predicted molar refractivity (Wildman–Crippen MR) is 110 cm³/mol. The van der Waals surface area contributed by atoms with Crippen LogP contribution in [0.25, 0.3) is 0 Å². The Bertz CT molecular complexity index is 719. The van der Waals surface area contributed by atoms with E-state index in [2.05, 4.69) is 113 Å². The molecule has 0 radical (unpaired) electrons. The van der Waals surface area contributed by atoms with Gasteiger partial charge in [0, 0.05) is 25.5 Å². The highest BCUT2D eigenvalue weighted by atomic mass is 127. The van der Waals surface area contributed by atoms with Crippen LogP contribution in [-0.2, 0) is 0 Å². The van der Waals surface area contributed by atoms with E-state index in [9.17, 15) is 0 Å². The molecular weight excluding hydrogens is 413 g/mol. The third kappa shape index (κ3) is 3.90. The van der Waals surface area contributed by atoms with Crippen LogP contribution in [0.4, 0.5) is 17.1 Å². The van der Waals surface area contributed by atoms with Gasteiger partial charge in [-0.1, -0.05) is 17.7 Å². The Hall–Kier alpha value is -1.46. The highest BCUT2D eigenvalue weighted by Gasteiger charge is 2.12. The van der Waals surface area contributed by atoms with Crippen molar-refractivity contribution in [3.05, 3.63) is 81.9 Å². The third-order valence-electron chi connectivity index (χ3n) is 3.71. The summed E-state index contributed by atoms with van der Waals surface area (Å²) >= 11 is 4.11. The number of rotatable bonds is 4. The second kappa shape index (κ2) is 7.41. The average molecular weight is 431 g/mol. The average Bonchev–Trinajstić information content (AvgIpc) is 2.59. The summed E-state index contributed by atoms with van der Waals surface area (Å²) in [6.07, 6.45) is 2.10. The van der Waals surface area contributed by atoms with Crippen molar-refractivity contribution in [3.63, 3.8) is 0 Å². The Morgan fingerprint density at radius 1 is 0.696 bits per heavy atom. The van der Waals surface area contributed by atoms with Crippen molar-refractivity contribution in [2.75, 3.05) is 11.2 Å². The third-order valence-corrected chi connectivity index (χ3v) is 5.17. The number of thioether (sulfide) groups is 1. The maximum absolute atomic E-state index is 2.34. The molecule has 3 aromatic rings. The summed E-state index contributed by atoms with van der Waals surface area (Å²) in [7, 11) is 0. The van der Waals surface area contributed by atoms with Crippen molar-refractivity contribution in [1.29, 1.82) is 0 Å². The number of aryl methyl sites for hydroxylation is 1. The Morgan fingerprint density at radius 3 is 1.61 bits per heavy atom. The molecule has 1 nitrogen and oxygen atoms in total. The standard InChI is InChI=1S/C20H18INS/c1-15-3-7-17(8-4-15)22(18-9-5-16(21)6-10-18)19-11-13-20(23-2)14-12-19/h3-14H,1-2H3. The van der Waals surface area contributed by atoms with Gasteiger partial charge in [0.1, 0.15) is 0 Å². The molecule has 0 aromatic heterocycles. The molecule has 0 atom stereocenters. The lowest BCUT2D eigenvalue weighted by Crippen LogP contribution is -2.09. The Morgan fingerprint density at radius 2 is 1.13 bits per heavy atom. The molecule has 0 unspecified atom stereocenters. The van der Waals surface area contributed by atoms with Crippen LogP contribution in [0.1, 0.15) is 5.56 Å². The van der Waals surface area contributed by atoms with Crippen LogP contribution in [0.2, 0.25) is 0 Å². The monoisotopic (exact) mass is 431 g/mol. The van der Waals surface area contributed by atoms with E-state index in [1.165, 1.54) is 31.1 Å². The zero-order valence-corrected chi connectivity index (χ0v) is 16.1. The van der Waals surface area contributed by atoms with Gasteiger partial charge >= 0.3 is 0 Å². The predicted octanol–water partition coefficient (Wildman–Crippen LogP) is 6.79. The number of hydrogen-bond donors (Lipinski definition) is 0. The first-order chi connectivity index (χ1) is 11.2. The van der Waals surface area contributed by atoms with Gasteiger partial charge in [-0.2, -0.15) is 0 Å². The zero-order chi connectivity index (χ0) is 16.2. The molecule has 0 saturated carbocycles. The van der Waals surface area contributed by atoms with E-state index < -0.39 is 0 Å². The Balaban J connectivity index is 2.08. The van der Waals surface area contributed by atoms with E-state index in [1.54, 1.807) is 11.8 Å². The Labute approximate surface area is 155 Å². The van der Waals surface area contributed by atoms with Crippen LogP contribution in [0.15, 0.2) is 77.7 Å². The topological polar surface area (TPSA) is 3.24 Å². The van der Waals surface area contributed by atoms with Crippen molar-refractivity contribution in [2.24, 2.45) is 0 Å². The van der Waals surface area contributed by atoms with E-state index in [4.69, 9.17) is 0 Å². The summed E-state index contributed by atoms with van der Waals surface area (Å²) in [4.78, 5) is 3.57. The largest absolute Gasteiger partial charge is 0.311 e. The summed E-state index contributed by atoms with van der Waals surface area (Å²) in [5, 5.41) is 0. The molecule has 3 aromatic carbocycles. The van der Waals surface area contributed by atoms with Gasteiger partial charge in [-0.05, 0) is 96.4 Å². The first-order valence-electron chi connectivity index (χ1n) is 7.44. The number of nitrogens with zero attached hydrogens (tertiary/aromatic N) is 1. The second-order valence-electron chi connectivity index (χ2n) is 5.35. The van der Waals surface area contributed by atoms with Crippen molar-refractivity contribution in [2.45, 2.75) is 11.8 Å². The molecule has 3 heteroatoms. The van der Waals surface area contributed by atoms with Gasteiger partial charge in [0.05, 0.1) is 0 Å². The van der Waals surface area contributed by atoms with E-state index in [1.807, 2.05) is 0 Å². The van der Waals surface area contributed by atoms with Gasteiger partial charge < -0.3 is 4.90 Å². The number of benzene rings is 3. The molecule has 0 aliphatic rings.